The average molecular weight is 339 g/mol. The van der Waals surface area contributed by atoms with Gasteiger partial charge in [-0.1, -0.05) is 0 Å². The third-order valence-electron chi connectivity index (χ3n) is 6.04. The van der Waals surface area contributed by atoms with Crippen LogP contribution in [-0.4, -0.2) is 14.9 Å². The monoisotopic (exact) mass is 338 g/mol. The van der Waals surface area contributed by atoms with Gasteiger partial charge in [0.1, 0.15) is 0 Å². The fourth-order valence-electron chi connectivity index (χ4n) is 5.84. The molecule has 1 heterocycles. The van der Waals surface area contributed by atoms with E-state index in [9.17, 15) is 5.11 Å². The summed E-state index contributed by atoms with van der Waals surface area (Å²) in [4.78, 5) is 0. The molecule has 1 aromatic rings. The molecule has 3 nitrogen and oxygen atoms in total. The molecular weight excluding hydrogens is 316 g/mol. The number of aromatic nitrogens is 2. The first-order valence-electron chi connectivity index (χ1n) is 7.90. The summed E-state index contributed by atoms with van der Waals surface area (Å²) in [5.41, 5.74) is 1.36. The van der Waals surface area contributed by atoms with Crippen molar-refractivity contribution in [2.24, 2.45) is 30.2 Å². The van der Waals surface area contributed by atoms with Gasteiger partial charge >= 0.3 is 0 Å². The minimum atomic E-state index is -0.381. The number of aryl methyl sites for hydroxylation is 1. The van der Waals surface area contributed by atoms with Crippen LogP contribution in [-0.2, 0) is 7.05 Å². The van der Waals surface area contributed by atoms with Gasteiger partial charge in [-0.05, 0) is 84.0 Å². The van der Waals surface area contributed by atoms with Gasteiger partial charge in [-0.15, -0.1) is 0 Å². The molecule has 5 rings (SSSR count). The highest BCUT2D eigenvalue weighted by Crippen LogP contribution is 2.62. The number of hydrogen-bond acceptors (Lipinski definition) is 2. The number of aliphatic hydroxyl groups excluding tert-OH is 1. The summed E-state index contributed by atoms with van der Waals surface area (Å²) in [5.74, 6) is 2.84. The van der Waals surface area contributed by atoms with Gasteiger partial charge in [0.2, 0.25) is 0 Å². The molecule has 1 atom stereocenters. The molecule has 0 radical (unpaired) electrons. The molecule has 0 spiro atoms. The van der Waals surface area contributed by atoms with Crippen LogP contribution in [0.1, 0.15) is 56.7 Å². The molecule has 0 saturated heterocycles. The topological polar surface area (TPSA) is 38.0 Å². The van der Waals surface area contributed by atoms with Crippen molar-refractivity contribution < 1.29 is 5.11 Å². The van der Waals surface area contributed by atoms with Crippen LogP contribution < -0.4 is 0 Å². The lowest BCUT2D eigenvalue weighted by Crippen LogP contribution is -2.46. The molecule has 0 amide bonds. The zero-order chi connectivity index (χ0) is 13.9. The van der Waals surface area contributed by atoms with E-state index in [0.717, 1.165) is 34.3 Å². The highest BCUT2D eigenvalue weighted by atomic mass is 79.9. The third kappa shape index (κ3) is 2.07. The van der Waals surface area contributed by atoms with Crippen molar-refractivity contribution in [2.75, 3.05) is 0 Å². The number of aliphatic hydroxyl groups is 1. The van der Waals surface area contributed by atoms with E-state index in [2.05, 4.69) is 21.0 Å². The van der Waals surface area contributed by atoms with Crippen molar-refractivity contribution in [1.82, 2.24) is 9.78 Å². The first-order valence-corrected chi connectivity index (χ1v) is 8.69. The van der Waals surface area contributed by atoms with E-state index < -0.39 is 0 Å². The summed E-state index contributed by atoms with van der Waals surface area (Å²) in [6, 6.07) is 0. The second kappa shape index (κ2) is 4.57. The Morgan fingerprint density at radius 2 is 1.85 bits per heavy atom. The lowest BCUT2D eigenvalue weighted by atomic mass is 9.48. The van der Waals surface area contributed by atoms with Crippen molar-refractivity contribution in [3.63, 3.8) is 0 Å². The molecule has 4 saturated carbocycles. The summed E-state index contributed by atoms with van der Waals surface area (Å²) >= 11 is 3.53. The molecule has 1 unspecified atom stereocenters. The molecule has 0 aromatic carbocycles. The second-order valence-electron chi connectivity index (χ2n) is 7.64. The minimum absolute atomic E-state index is 0.381. The van der Waals surface area contributed by atoms with Crippen molar-refractivity contribution in [2.45, 2.75) is 51.0 Å². The van der Waals surface area contributed by atoms with Gasteiger partial charge in [-0.2, -0.15) is 5.10 Å². The Labute approximate surface area is 128 Å². The third-order valence-corrected chi connectivity index (χ3v) is 6.66. The predicted molar refractivity (Wildman–Crippen MR) is 81.1 cm³/mol. The highest BCUT2D eigenvalue weighted by Gasteiger charge is 2.51. The molecule has 4 aliphatic carbocycles. The molecule has 4 bridgehead atoms. The van der Waals surface area contributed by atoms with Gasteiger partial charge in [-0.3, -0.25) is 4.68 Å². The van der Waals surface area contributed by atoms with Gasteiger partial charge in [0.05, 0.1) is 22.5 Å². The van der Waals surface area contributed by atoms with E-state index in [0.29, 0.717) is 5.41 Å². The quantitative estimate of drug-likeness (QED) is 0.909. The molecule has 110 valence electrons. The van der Waals surface area contributed by atoms with Crippen molar-refractivity contribution >= 4 is 15.9 Å². The molecular formula is C16H23BrN2O. The Balaban J connectivity index is 1.57. The van der Waals surface area contributed by atoms with Crippen LogP contribution in [0, 0.1) is 23.2 Å². The Kier molecular flexibility index (Phi) is 3.05. The molecule has 1 N–H and O–H groups in total. The van der Waals surface area contributed by atoms with Gasteiger partial charge in [-0.25, -0.2) is 0 Å². The lowest BCUT2D eigenvalue weighted by Gasteiger charge is -2.57. The number of rotatable bonds is 3. The molecule has 0 aliphatic heterocycles. The van der Waals surface area contributed by atoms with Gasteiger partial charge in [0, 0.05) is 7.05 Å². The first-order chi connectivity index (χ1) is 9.55. The molecule has 4 fully saturated rings. The molecule has 1 aromatic heterocycles. The second-order valence-corrected chi connectivity index (χ2v) is 8.49. The normalized spacial score (nSPS) is 40.2. The Bertz CT molecular complexity index is 470. The predicted octanol–water partition coefficient (Wildman–Crippen LogP) is 3.82. The van der Waals surface area contributed by atoms with Crippen molar-refractivity contribution in [3.05, 3.63) is 16.4 Å². The minimum Gasteiger partial charge on any atom is -0.387 e. The highest BCUT2D eigenvalue weighted by molar-refractivity contribution is 9.10. The molecule has 4 aliphatic rings. The van der Waals surface area contributed by atoms with Gasteiger partial charge in [0.15, 0.2) is 0 Å². The Morgan fingerprint density at radius 1 is 1.30 bits per heavy atom. The van der Waals surface area contributed by atoms with Crippen LogP contribution in [0.2, 0.25) is 0 Å². The lowest BCUT2D eigenvalue weighted by molar-refractivity contribution is -0.0773. The summed E-state index contributed by atoms with van der Waals surface area (Å²) in [6.07, 6.45) is 10.8. The molecule has 20 heavy (non-hydrogen) atoms. The van der Waals surface area contributed by atoms with E-state index in [-0.39, 0.29) is 6.10 Å². The zero-order valence-corrected chi connectivity index (χ0v) is 13.6. The molecule has 4 heteroatoms. The van der Waals surface area contributed by atoms with E-state index >= 15 is 0 Å². The maximum absolute atomic E-state index is 10.7. The van der Waals surface area contributed by atoms with Crippen LogP contribution in [0.15, 0.2) is 10.7 Å². The number of halogens is 1. The van der Waals surface area contributed by atoms with Crippen LogP contribution in [0.4, 0.5) is 0 Å². The van der Waals surface area contributed by atoms with E-state index in [1.807, 2.05) is 11.7 Å². The summed E-state index contributed by atoms with van der Waals surface area (Å²) in [7, 11) is 1.92. The van der Waals surface area contributed by atoms with Crippen LogP contribution in [0.5, 0.6) is 0 Å². The van der Waals surface area contributed by atoms with Gasteiger partial charge < -0.3 is 5.11 Å². The maximum Gasteiger partial charge on any atom is 0.0973 e. The first kappa shape index (κ1) is 13.3. The summed E-state index contributed by atoms with van der Waals surface area (Å²) in [6.45, 7) is 0. The largest absolute Gasteiger partial charge is 0.387 e. The van der Waals surface area contributed by atoms with Crippen molar-refractivity contribution in [3.8, 4) is 0 Å². The average Bonchev–Trinajstić information content (AvgIpc) is 2.66. The van der Waals surface area contributed by atoms with Crippen LogP contribution in [0.25, 0.3) is 0 Å². The fraction of sp³-hybridized carbons (Fsp3) is 0.812. The number of hydrogen-bond donors (Lipinski definition) is 1. The standard InChI is InChI=1S/C16H23BrN2O/c1-19-15(13(17)9-18-19)14(20)8-16-5-10-2-11(6-16)4-12(3-10)7-16/h9-12,14,20H,2-8H2,1H3. The smallest absolute Gasteiger partial charge is 0.0973 e. The van der Waals surface area contributed by atoms with E-state index in [1.54, 1.807) is 6.20 Å². The van der Waals surface area contributed by atoms with Crippen LogP contribution in [0.3, 0.4) is 0 Å². The number of nitrogens with zero attached hydrogens (tertiary/aromatic N) is 2. The van der Waals surface area contributed by atoms with Gasteiger partial charge in [0.25, 0.3) is 0 Å². The zero-order valence-electron chi connectivity index (χ0n) is 12.1. The Morgan fingerprint density at radius 3 is 2.30 bits per heavy atom. The van der Waals surface area contributed by atoms with E-state index in [1.165, 1.54) is 38.5 Å². The summed E-state index contributed by atoms with van der Waals surface area (Å²) in [5, 5.41) is 15.0. The van der Waals surface area contributed by atoms with Crippen molar-refractivity contribution in [1.29, 1.82) is 0 Å². The Hall–Kier alpha value is -0.350. The SMILES string of the molecule is Cn1ncc(Br)c1C(O)CC12CC3CC(CC(C3)C1)C2. The van der Waals surface area contributed by atoms with E-state index in [4.69, 9.17) is 0 Å². The fourth-order valence-corrected chi connectivity index (χ4v) is 6.45. The van der Waals surface area contributed by atoms with Crippen LogP contribution >= 0.6 is 15.9 Å². The summed E-state index contributed by atoms with van der Waals surface area (Å²) < 4.78 is 2.76. The maximum atomic E-state index is 10.7.